The fourth-order valence-corrected chi connectivity index (χ4v) is 3.12. The van der Waals surface area contributed by atoms with Crippen molar-refractivity contribution in [3.8, 4) is 11.5 Å². The van der Waals surface area contributed by atoms with Gasteiger partial charge in [0.1, 0.15) is 0 Å². The number of benzene rings is 1. The number of aliphatic imine (C=N–C) groups is 1. The maximum atomic E-state index is 12.1. The summed E-state index contributed by atoms with van der Waals surface area (Å²) in [5.41, 5.74) is 1.06. The highest BCUT2D eigenvalue weighted by atomic mass is 16.6. The minimum absolute atomic E-state index is 0.269. The van der Waals surface area contributed by atoms with Crippen molar-refractivity contribution < 1.29 is 19.0 Å². The molecular formula is C18H21NO4. The number of esters is 1. The lowest BCUT2D eigenvalue weighted by Crippen LogP contribution is -2.19. The van der Waals surface area contributed by atoms with Gasteiger partial charge in [0, 0.05) is 11.5 Å². The first-order chi connectivity index (χ1) is 11.2. The van der Waals surface area contributed by atoms with Gasteiger partial charge >= 0.3 is 5.97 Å². The van der Waals surface area contributed by atoms with Crippen molar-refractivity contribution in [1.29, 1.82) is 0 Å². The number of para-hydroxylation sites is 1. The summed E-state index contributed by atoms with van der Waals surface area (Å²) in [6.07, 6.45) is 7.37. The molecule has 0 bridgehead atoms. The van der Waals surface area contributed by atoms with E-state index < -0.39 is 5.97 Å². The fourth-order valence-electron chi connectivity index (χ4n) is 3.12. The van der Waals surface area contributed by atoms with Crippen LogP contribution in [0.2, 0.25) is 0 Å². The van der Waals surface area contributed by atoms with Gasteiger partial charge in [0.15, 0.2) is 17.2 Å². The zero-order valence-corrected chi connectivity index (χ0v) is 13.5. The van der Waals surface area contributed by atoms with Crippen LogP contribution in [0, 0.1) is 5.92 Å². The first-order valence-corrected chi connectivity index (χ1v) is 7.96. The molecule has 1 aliphatic heterocycles. The van der Waals surface area contributed by atoms with Crippen LogP contribution in [0.1, 0.15) is 37.7 Å². The van der Waals surface area contributed by atoms with Crippen LogP contribution in [-0.2, 0) is 9.53 Å². The van der Waals surface area contributed by atoms with Crippen LogP contribution >= 0.6 is 0 Å². The molecule has 5 heteroatoms. The first-order valence-electron chi connectivity index (χ1n) is 7.96. The van der Waals surface area contributed by atoms with Gasteiger partial charge in [-0.3, -0.25) is 0 Å². The number of rotatable bonds is 4. The smallest absolute Gasteiger partial charge is 0.363 e. The lowest BCUT2D eigenvalue weighted by molar-refractivity contribution is -0.130. The quantitative estimate of drug-likeness (QED) is 0.629. The van der Waals surface area contributed by atoms with Crippen molar-refractivity contribution >= 4 is 17.9 Å². The number of carbonyl (C=O) groups excluding carboxylic acids is 1. The van der Waals surface area contributed by atoms with E-state index in [2.05, 4.69) is 4.99 Å². The van der Waals surface area contributed by atoms with Gasteiger partial charge in [-0.1, -0.05) is 31.4 Å². The fraction of sp³-hybridized carbons (Fsp3) is 0.444. The Balaban J connectivity index is 1.90. The second-order valence-electron chi connectivity index (χ2n) is 5.79. The van der Waals surface area contributed by atoms with E-state index in [1.807, 2.05) is 18.2 Å². The van der Waals surface area contributed by atoms with Crippen LogP contribution in [0.4, 0.5) is 0 Å². The number of cyclic esters (lactones) is 1. The van der Waals surface area contributed by atoms with Crippen LogP contribution in [0.5, 0.6) is 11.5 Å². The average Bonchev–Trinajstić information content (AvgIpc) is 2.96. The molecule has 1 saturated carbocycles. The molecule has 1 aromatic rings. The van der Waals surface area contributed by atoms with Crippen LogP contribution in [0.15, 0.2) is 28.9 Å². The third-order valence-corrected chi connectivity index (χ3v) is 4.32. The average molecular weight is 315 g/mol. The predicted molar refractivity (Wildman–Crippen MR) is 87.6 cm³/mol. The minimum atomic E-state index is -0.393. The molecule has 3 rings (SSSR count). The third kappa shape index (κ3) is 3.23. The lowest BCUT2D eigenvalue weighted by Gasteiger charge is -2.19. The second-order valence-corrected chi connectivity index (χ2v) is 5.79. The molecule has 0 atom stereocenters. The summed E-state index contributed by atoms with van der Waals surface area (Å²) in [7, 11) is 3.15. The normalized spacial score (nSPS) is 20.3. The van der Waals surface area contributed by atoms with Gasteiger partial charge in [-0.05, 0) is 25.0 Å². The van der Waals surface area contributed by atoms with E-state index in [9.17, 15) is 4.79 Å². The Kier molecular flexibility index (Phi) is 4.65. The van der Waals surface area contributed by atoms with E-state index in [1.165, 1.54) is 19.3 Å². The summed E-state index contributed by atoms with van der Waals surface area (Å²) < 4.78 is 16.1. The minimum Gasteiger partial charge on any atom is -0.493 e. The topological polar surface area (TPSA) is 57.1 Å². The first kappa shape index (κ1) is 15.6. The van der Waals surface area contributed by atoms with E-state index >= 15 is 0 Å². The van der Waals surface area contributed by atoms with E-state index in [0.717, 1.165) is 18.4 Å². The second kappa shape index (κ2) is 6.86. The lowest BCUT2D eigenvalue weighted by atomic mass is 9.89. The number of carbonyl (C=O) groups is 1. The van der Waals surface area contributed by atoms with E-state index in [-0.39, 0.29) is 5.92 Å². The number of ether oxygens (including phenoxy) is 3. The Hall–Kier alpha value is -2.30. The van der Waals surface area contributed by atoms with E-state index in [0.29, 0.717) is 23.1 Å². The molecule has 0 aromatic heterocycles. The molecule has 0 unspecified atom stereocenters. The summed E-state index contributed by atoms with van der Waals surface area (Å²) in [6.45, 7) is 0. The maximum Gasteiger partial charge on any atom is 0.363 e. The SMILES string of the molecule is COc1cccc(/C=C2\N=C(C3CCCCC3)OC2=O)c1OC. The molecule has 0 amide bonds. The summed E-state index contributed by atoms with van der Waals surface area (Å²) >= 11 is 0. The molecule has 1 aromatic carbocycles. The molecule has 1 fully saturated rings. The summed E-state index contributed by atoms with van der Waals surface area (Å²) in [5, 5.41) is 0. The van der Waals surface area contributed by atoms with Crippen molar-refractivity contribution in [2.75, 3.05) is 14.2 Å². The van der Waals surface area contributed by atoms with Crippen LogP contribution in [0.25, 0.3) is 6.08 Å². The Morgan fingerprint density at radius 3 is 2.65 bits per heavy atom. The molecule has 0 radical (unpaired) electrons. The van der Waals surface area contributed by atoms with Crippen LogP contribution < -0.4 is 9.47 Å². The van der Waals surface area contributed by atoms with Crippen molar-refractivity contribution in [2.45, 2.75) is 32.1 Å². The highest BCUT2D eigenvalue weighted by Gasteiger charge is 2.30. The maximum absolute atomic E-state index is 12.1. The highest BCUT2D eigenvalue weighted by molar-refractivity contribution is 6.08. The van der Waals surface area contributed by atoms with Crippen molar-refractivity contribution in [3.05, 3.63) is 29.5 Å². The molecule has 23 heavy (non-hydrogen) atoms. The van der Waals surface area contributed by atoms with Crippen molar-refractivity contribution in [1.82, 2.24) is 0 Å². The van der Waals surface area contributed by atoms with Crippen molar-refractivity contribution in [2.24, 2.45) is 10.9 Å². The molecular weight excluding hydrogens is 294 g/mol. The molecule has 122 valence electrons. The summed E-state index contributed by atoms with van der Waals surface area (Å²) in [4.78, 5) is 16.5. The number of nitrogens with zero attached hydrogens (tertiary/aromatic N) is 1. The van der Waals surface area contributed by atoms with Gasteiger partial charge in [0.05, 0.1) is 14.2 Å². The van der Waals surface area contributed by atoms with Crippen LogP contribution in [-0.4, -0.2) is 26.1 Å². The van der Waals surface area contributed by atoms with Gasteiger partial charge in [-0.15, -0.1) is 0 Å². The monoisotopic (exact) mass is 315 g/mol. The van der Waals surface area contributed by atoms with Gasteiger partial charge in [-0.25, -0.2) is 9.79 Å². The third-order valence-electron chi connectivity index (χ3n) is 4.32. The van der Waals surface area contributed by atoms with Crippen molar-refractivity contribution in [3.63, 3.8) is 0 Å². The number of hydrogen-bond donors (Lipinski definition) is 0. The van der Waals surface area contributed by atoms with Gasteiger partial charge in [0.25, 0.3) is 0 Å². The summed E-state index contributed by atoms with van der Waals surface area (Å²) in [6, 6.07) is 5.51. The molecule has 1 heterocycles. The van der Waals surface area contributed by atoms with Gasteiger partial charge < -0.3 is 14.2 Å². The largest absolute Gasteiger partial charge is 0.493 e. The van der Waals surface area contributed by atoms with E-state index in [1.54, 1.807) is 20.3 Å². The molecule has 0 spiro atoms. The number of hydrogen-bond acceptors (Lipinski definition) is 5. The molecule has 1 aliphatic carbocycles. The molecule has 2 aliphatic rings. The Bertz CT molecular complexity index is 657. The Labute approximate surface area is 136 Å². The zero-order valence-electron chi connectivity index (χ0n) is 13.5. The van der Waals surface area contributed by atoms with Crippen LogP contribution in [0.3, 0.4) is 0 Å². The zero-order chi connectivity index (χ0) is 16.2. The highest BCUT2D eigenvalue weighted by Crippen LogP contribution is 2.34. The molecule has 0 N–H and O–H groups in total. The summed E-state index contributed by atoms with van der Waals surface area (Å²) in [5.74, 6) is 1.64. The standard InChI is InChI=1S/C18H21NO4/c1-21-15-10-6-9-13(16(15)22-2)11-14-18(20)23-17(19-14)12-7-4-3-5-8-12/h6,9-12H,3-5,7-8H2,1-2H3/b14-11-. The van der Waals surface area contributed by atoms with Gasteiger partial charge in [-0.2, -0.15) is 0 Å². The molecule has 0 saturated heterocycles. The number of methoxy groups -OCH3 is 2. The molecule has 5 nitrogen and oxygen atoms in total. The Morgan fingerprint density at radius 1 is 1.17 bits per heavy atom. The van der Waals surface area contributed by atoms with E-state index in [4.69, 9.17) is 14.2 Å². The predicted octanol–water partition coefficient (Wildman–Crippen LogP) is 3.58. The Morgan fingerprint density at radius 2 is 1.96 bits per heavy atom. The van der Waals surface area contributed by atoms with Gasteiger partial charge in [0.2, 0.25) is 5.90 Å².